The molecule has 0 saturated carbocycles. The Kier molecular flexibility index (Phi) is 4.94. The summed E-state index contributed by atoms with van der Waals surface area (Å²) in [5, 5.41) is 3.51. The largest absolute Gasteiger partial charge is 0.573 e. The van der Waals surface area contributed by atoms with E-state index in [4.69, 9.17) is 4.42 Å². The standard InChI is InChI=1S/C16H11F6N3O4/c17-15(18,19)14(23-8-11-2-1-7-28-11)12(26)25(13(27)24-14)9-3-5-10(6-4-9)29-16(20,21)22/h1-7,23H,8H2,(H,24,27)/t14-/m1/s1. The number of carbonyl (C=O) groups is 2. The second-order valence-electron chi connectivity index (χ2n) is 5.79. The van der Waals surface area contributed by atoms with E-state index in [0.29, 0.717) is 0 Å². The molecule has 3 rings (SSSR count). The van der Waals surface area contributed by atoms with Gasteiger partial charge in [-0.2, -0.15) is 13.2 Å². The summed E-state index contributed by atoms with van der Waals surface area (Å²) in [4.78, 5) is 24.9. The lowest BCUT2D eigenvalue weighted by Crippen LogP contribution is -2.68. The van der Waals surface area contributed by atoms with Crippen LogP contribution in [0.1, 0.15) is 5.76 Å². The molecule has 7 nitrogen and oxygen atoms in total. The van der Waals surface area contributed by atoms with Crippen LogP contribution >= 0.6 is 0 Å². The molecule has 0 spiro atoms. The van der Waals surface area contributed by atoms with Crippen molar-refractivity contribution in [3.63, 3.8) is 0 Å². The lowest BCUT2D eigenvalue weighted by molar-refractivity contribution is -0.274. The van der Waals surface area contributed by atoms with Gasteiger partial charge < -0.3 is 14.5 Å². The number of hydrogen-bond acceptors (Lipinski definition) is 5. The van der Waals surface area contributed by atoms with Gasteiger partial charge in [0.25, 0.3) is 11.6 Å². The minimum atomic E-state index is -5.24. The van der Waals surface area contributed by atoms with E-state index < -0.39 is 42.4 Å². The third kappa shape index (κ3) is 3.99. The summed E-state index contributed by atoms with van der Waals surface area (Å²) in [7, 11) is 0. The van der Waals surface area contributed by atoms with Gasteiger partial charge in [0.2, 0.25) is 0 Å². The van der Waals surface area contributed by atoms with Crippen LogP contribution in [0.3, 0.4) is 0 Å². The first-order valence-corrected chi connectivity index (χ1v) is 7.79. The highest BCUT2D eigenvalue weighted by atomic mass is 19.4. The highest BCUT2D eigenvalue weighted by molar-refractivity contribution is 6.23. The van der Waals surface area contributed by atoms with Gasteiger partial charge in [-0.15, -0.1) is 13.2 Å². The molecule has 29 heavy (non-hydrogen) atoms. The Balaban J connectivity index is 1.87. The van der Waals surface area contributed by atoms with Gasteiger partial charge >= 0.3 is 18.6 Å². The molecule has 2 aromatic rings. The molecule has 1 atom stereocenters. The molecule has 1 saturated heterocycles. The molecule has 2 heterocycles. The van der Waals surface area contributed by atoms with Gasteiger partial charge in [0.15, 0.2) is 0 Å². The summed E-state index contributed by atoms with van der Waals surface area (Å²) in [5.41, 5.74) is -3.83. The van der Waals surface area contributed by atoms with Crippen molar-refractivity contribution in [2.24, 2.45) is 0 Å². The molecule has 1 aliphatic rings. The van der Waals surface area contributed by atoms with Crippen molar-refractivity contribution in [2.75, 3.05) is 4.90 Å². The molecule has 2 N–H and O–H groups in total. The fraction of sp³-hybridized carbons (Fsp3) is 0.250. The Morgan fingerprint density at radius 1 is 1.07 bits per heavy atom. The number of benzene rings is 1. The van der Waals surface area contributed by atoms with Crippen LogP contribution in [-0.4, -0.2) is 30.1 Å². The number of ether oxygens (including phenoxy) is 1. The molecular weight excluding hydrogens is 412 g/mol. The fourth-order valence-electron chi connectivity index (χ4n) is 2.61. The molecule has 3 amide bonds. The molecule has 0 unspecified atom stereocenters. The van der Waals surface area contributed by atoms with Gasteiger partial charge in [-0.05, 0) is 36.4 Å². The van der Waals surface area contributed by atoms with Crippen molar-refractivity contribution in [3.8, 4) is 5.75 Å². The molecular formula is C16H11F6N3O4. The van der Waals surface area contributed by atoms with Crippen molar-refractivity contribution in [3.05, 3.63) is 48.4 Å². The van der Waals surface area contributed by atoms with Crippen molar-refractivity contribution in [2.45, 2.75) is 24.7 Å². The monoisotopic (exact) mass is 423 g/mol. The van der Waals surface area contributed by atoms with Gasteiger partial charge in [0, 0.05) is 0 Å². The van der Waals surface area contributed by atoms with Crippen LogP contribution in [0.15, 0.2) is 47.1 Å². The molecule has 1 fully saturated rings. The van der Waals surface area contributed by atoms with Crippen LogP contribution in [0.4, 0.5) is 36.8 Å². The second-order valence-corrected chi connectivity index (χ2v) is 5.79. The number of hydrogen-bond donors (Lipinski definition) is 2. The van der Waals surface area contributed by atoms with E-state index in [1.54, 1.807) is 5.32 Å². The lowest BCUT2D eigenvalue weighted by atomic mass is 10.1. The van der Waals surface area contributed by atoms with Gasteiger partial charge in [0.05, 0.1) is 18.5 Å². The molecule has 13 heteroatoms. The molecule has 156 valence electrons. The Labute approximate surface area is 158 Å². The molecule has 0 radical (unpaired) electrons. The second kappa shape index (κ2) is 6.99. The van der Waals surface area contributed by atoms with E-state index >= 15 is 0 Å². The maximum atomic E-state index is 13.7. The van der Waals surface area contributed by atoms with Gasteiger partial charge in [-0.25, -0.2) is 9.69 Å². The Hall–Kier alpha value is -3.22. The number of carbonyl (C=O) groups excluding carboxylic acids is 2. The number of furan rings is 1. The highest BCUT2D eigenvalue weighted by Crippen LogP contribution is 2.36. The summed E-state index contributed by atoms with van der Waals surface area (Å²) >= 11 is 0. The summed E-state index contributed by atoms with van der Waals surface area (Å²) in [6.07, 6.45) is -9.01. The number of rotatable bonds is 5. The summed E-state index contributed by atoms with van der Waals surface area (Å²) in [5.74, 6) is -2.31. The van der Waals surface area contributed by atoms with E-state index in [0.717, 1.165) is 24.3 Å². The van der Waals surface area contributed by atoms with Crippen LogP contribution in [0.5, 0.6) is 5.75 Å². The van der Waals surface area contributed by atoms with Crippen molar-refractivity contribution < 1.29 is 45.1 Å². The average molecular weight is 423 g/mol. The molecule has 1 aromatic heterocycles. The van der Waals surface area contributed by atoms with Crippen LogP contribution in [-0.2, 0) is 11.3 Å². The van der Waals surface area contributed by atoms with E-state index in [1.807, 2.05) is 5.32 Å². The predicted molar refractivity (Wildman–Crippen MR) is 83.5 cm³/mol. The third-order valence-electron chi connectivity index (χ3n) is 3.88. The number of nitrogens with zero attached hydrogens (tertiary/aromatic N) is 1. The smallest absolute Gasteiger partial charge is 0.468 e. The van der Waals surface area contributed by atoms with E-state index in [9.17, 15) is 35.9 Å². The number of nitrogens with one attached hydrogen (secondary N) is 2. The van der Waals surface area contributed by atoms with Gasteiger partial charge in [-0.1, -0.05) is 0 Å². The number of amides is 3. The zero-order valence-corrected chi connectivity index (χ0v) is 14.1. The van der Waals surface area contributed by atoms with Crippen LogP contribution < -0.4 is 20.3 Å². The predicted octanol–water partition coefficient (Wildman–Crippen LogP) is 3.28. The Morgan fingerprint density at radius 3 is 2.24 bits per heavy atom. The topological polar surface area (TPSA) is 83.8 Å². The van der Waals surface area contributed by atoms with Crippen molar-refractivity contribution in [1.29, 1.82) is 0 Å². The molecule has 1 aromatic carbocycles. The normalized spacial score (nSPS) is 20.1. The fourth-order valence-corrected chi connectivity index (χ4v) is 2.61. The first-order valence-electron chi connectivity index (χ1n) is 7.79. The van der Waals surface area contributed by atoms with E-state index in [2.05, 4.69) is 4.74 Å². The summed E-state index contributed by atoms with van der Waals surface area (Å²) in [6.45, 7) is -0.537. The van der Waals surface area contributed by atoms with Crippen LogP contribution in [0, 0.1) is 0 Å². The summed E-state index contributed by atoms with van der Waals surface area (Å²) < 4.78 is 86.3. The Morgan fingerprint density at radius 2 is 1.72 bits per heavy atom. The highest BCUT2D eigenvalue weighted by Gasteiger charge is 2.68. The average Bonchev–Trinajstić information content (AvgIpc) is 3.19. The minimum absolute atomic E-state index is 0.0720. The van der Waals surface area contributed by atoms with Crippen molar-refractivity contribution >= 4 is 17.6 Å². The lowest BCUT2D eigenvalue weighted by Gasteiger charge is -2.29. The minimum Gasteiger partial charge on any atom is -0.468 e. The number of imide groups is 1. The zero-order valence-electron chi connectivity index (χ0n) is 14.1. The Bertz CT molecular complexity index is 895. The summed E-state index contributed by atoms with van der Waals surface area (Å²) in [6, 6.07) is 4.57. The first-order chi connectivity index (χ1) is 13.4. The quantitative estimate of drug-likeness (QED) is 0.570. The third-order valence-corrected chi connectivity index (χ3v) is 3.88. The number of alkyl halides is 6. The maximum absolute atomic E-state index is 13.7. The number of urea groups is 1. The molecule has 0 bridgehead atoms. The number of halogens is 6. The van der Waals surface area contributed by atoms with E-state index in [-0.39, 0.29) is 16.3 Å². The maximum Gasteiger partial charge on any atom is 0.573 e. The first kappa shape index (κ1) is 20.5. The van der Waals surface area contributed by atoms with Crippen molar-refractivity contribution in [1.82, 2.24) is 10.6 Å². The molecule has 1 aliphatic heterocycles. The van der Waals surface area contributed by atoms with Crippen LogP contribution in [0.2, 0.25) is 0 Å². The van der Waals surface area contributed by atoms with E-state index in [1.165, 1.54) is 18.4 Å². The van der Waals surface area contributed by atoms with Crippen LogP contribution in [0.25, 0.3) is 0 Å². The number of anilines is 1. The molecule has 0 aliphatic carbocycles. The van der Waals surface area contributed by atoms with Gasteiger partial charge in [-0.3, -0.25) is 10.1 Å². The SMILES string of the molecule is O=C1N[C@@](NCc2ccco2)(C(F)(F)F)C(=O)N1c1ccc(OC(F)(F)F)cc1. The zero-order chi connectivity index (χ0) is 21.4. The van der Waals surface area contributed by atoms with Gasteiger partial charge in [0.1, 0.15) is 11.5 Å².